The smallest absolute Gasteiger partial charge is 0.0921 e. The third-order valence-electron chi connectivity index (χ3n) is 1.60. The molecule has 2 nitrogen and oxygen atoms in total. The quantitative estimate of drug-likeness (QED) is 0.497. The van der Waals surface area contributed by atoms with Crippen LogP contribution in [0.4, 0.5) is 0 Å². The summed E-state index contributed by atoms with van der Waals surface area (Å²) in [7, 11) is 1.35. The Bertz CT molecular complexity index is 160. The number of unbranched alkanes of at least 4 members (excludes halogenated alkanes) is 1. The Hall–Kier alpha value is -0.573. The largest absolute Gasteiger partial charge is 0.348 e. The van der Waals surface area contributed by atoms with E-state index in [0.717, 1.165) is 0 Å². The van der Waals surface area contributed by atoms with Crippen molar-refractivity contribution < 1.29 is 0 Å². The van der Waals surface area contributed by atoms with Crippen LogP contribution in [0.2, 0.25) is 6.04 Å². The molecule has 0 atom stereocenters. The maximum Gasteiger partial charge on any atom is 0.0921 e. The maximum atomic E-state index is 3.95. The SMILES string of the molecule is [SiH3]CCCCc1cnc[nH]1. The first-order valence-corrected chi connectivity index (χ1v) is 5.32. The molecule has 1 rings (SSSR count). The standard InChI is InChI=1S/C7H14N2Si/c10-4-2-1-3-7-5-8-6-9-7/h5-6H,1-4H2,10H3,(H,8,9). The molecule has 0 aromatic carbocycles. The van der Waals surface area contributed by atoms with E-state index in [2.05, 4.69) is 9.97 Å². The summed E-state index contributed by atoms with van der Waals surface area (Å²) >= 11 is 0. The van der Waals surface area contributed by atoms with E-state index >= 15 is 0 Å². The van der Waals surface area contributed by atoms with Gasteiger partial charge in [-0.25, -0.2) is 4.98 Å². The molecule has 0 aliphatic heterocycles. The fourth-order valence-electron chi connectivity index (χ4n) is 0.987. The van der Waals surface area contributed by atoms with Gasteiger partial charge in [0.1, 0.15) is 0 Å². The summed E-state index contributed by atoms with van der Waals surface area (Å²) in [6, 6.07) is 1.42. The molecule has 1 N–H and O–H groups in total. The molecule has 1 heterocycles. The molecule has 0 bridgehead atoms. The van der Waals surface area contributed by atoms with Crippen molar-refractivity contribution >= 4 is 10.2 Å². The number of nitrogens with one attached hydrogen (secondary N) is 1. The molecule has 0 aliphatic carbocycles. The number of aryl methyl sites for hydroxylation is 1. The molecule has 0 saturated carbocycles. The molecule has 0 amide bonds. The van der Waals surface area contributed by atoms with Crippen LogP contribution in [0.25, 0.3) is 0 Å². The molecule has 56 valence electrons. The molecule has 3 heteroatoms. The van der Waals surface area contributed by atoms with E-state index in [1.807, 2.05) is 6.20 Å². The highest BCUT2D eigenvalue weighted by Gasteiger charge is 1.91. The number of aromatic nitrogens is 2. The van der Waals surface area contributed by atoms with E-state index in [9.17, 15) is 0 Å². The molecule has 0 fully saturated rings. The minimum atomic E-state index is 1.17. The van der Waals surface area contributed by atoms with Gasteiger partial charge >= 0.3 is 0 Å². The first kappa shape index (κ1) is 7.53. The van der Waals surface area contributed by atoms with Crippen LogP contribution in [0, 0.1) is 0 Å². The van der Waals surface area contributed by atoms with Crippen molar-refractivity contribution in [3.05, 3.63) is 18.2 Å². The summed E-state index contributed by atoms with van der Waals surface area (Å²) in [5.74, 6) is 0. The molecular formula is C7H14N2Si. The lowest BCUT2D eigenvalue weighted by Crippen LogP contribution is -1.84. The average molecular weight is 154 g/mol. The number of imidazole rings is 1. The van der Waals surface area contributed by atoms with Crippen molar-refractivity contribution in [2.75, 3.05) is 0 Å². The van der Waals surface area contributed by atoms with Gasteiger partial charge in [0.2, 0.25) is 0 Å². The Morgan fingerprint density at radius 2 is 2.40 bits per heavy atom. The minimum absolute atomic E-state index is 1.17. The van der Waals surface area contributed by atoms with Crippen molar-refractivity contribution in [3.8, 4) is 0 Å². The van der Waals surface area contributed by atoms with Gasteiger partial charge in [-0.05, 0) is 12.8 Å². The van der Waals surface area contributed by atoms with E-state index < -0.39 is 0 Å². The van der Waals surface area contributed by atoms with E-state index in [1.54, 1.807) is 6.33 Å². The van der Waals surface area contributed by atoms with Gasteiger partial charge in [0, 0.05) is 22.1 Å². The Balaban J connectivity index is 2.15. The third kappa shape index (κ3) is 2.35. The van der Waals surface area contributed by atoms with Crippen LogP contribution >= 0.6 is 0 Å². The summed E-state index contributed by atoms with van der Waals surface area (Å²) in [4.78, 5) is 7.05. The van der Waals surface area contributed by atoms with Gasteiger partial charge in [-0.2, -0.15) is 0 Å². The zero-order valence-electron chi connectivity index (χ0n) is 6.43. The van der Waals surface area contributed by atoms with Crippen LogP contribution in [0.15, 0.2) is 12.5 Å². The first-order chi connectivity index (χ1) is 4.93. The Labute approximate surface area is 64.5 Å². The molecule has 0 spiro atoms. The van der Waals surface area contributed by atoms with Crippen LogP contribution in [0.1, 0.15) is 18.5 Å². The van der Waals surface area contributed by atoms with E-state index in [-0.39, 0.29) is 0 Å². The van der Waals surface area contributed by atoms with Crippen molar-refractivity contribution in [2.45, 2.75) is 25.3 Å². The molecular weight excluding hydrogens is 140 g/mol. The Morgan fingerprint density at radius 3 is 3.00 bits per heavy atom. The highest BCUT2D eigenvalue weighted by Crippen LogP contribution is 2.00. The van der Waals surface area contributed by atoms with E-state index in [1.165, 1.54) is 41.2 Å². The van der Waals surface area contributed by atoms with Crippen LogP contribution in [-0.4, -0.2) is 20.2 Å². The summed E-state index contributed by atoms with van der Waals surface area (Å²) in [6.07, 6.45) is 7.52. The fourth-order valence-corrected chi connectivity index (χ4v) is 1.49. The molecule has 0 unspecified atom stereocenters. The van der Waals surface area contributed by atoms with Gasteiger partial charge in [0.15, 0.2) is 0 Å². The monoisotopic (exact) mass is 154 g/mol. The first-order valence-electron chi connectivity index (χ1n) is 3.90. The number of rotatable bonds is 4. The number of aromatic amines is 1. The lowest BCUT2D eigenvalue weighted by atomic mass is 10.2. The lowest BCUT2D eigenvalue weighted by molar-refractivity contribution is 0.780. The lowest BCUT2D eigenvalue weighted by Gasteiger charge is -1.93. The average Bonchev–Trinajstić information content (AvgIpc) is 2.41. The van der Waals surface area contributed by atoms with Gasteiger partial charge in [-0.1, -0.05) is 12.5 Å². The summed E-state index contributed by atoms with van der Waals surface area (Å²) in [5.41, 5.74) is 1.27. The highest BCUT2D eigenvalue weighted by atomic mass is 28.1. The molecule has 0 aliphatic rings. The molecule has 1 aromatic heterocycles. The Morgan fingerprint density at radius 1 is 1.50 bits per heavy atom. The van der Waals surface area contributed by atoms with Crippen LogP contribution in [0.3, 0.4) is 0 Å². The van der Waals surface area contributed by atoms with Gasteiger partial charge < -0.3 is 4.98 Å². The molecule has 10 heavy (non-hydrogen) atoms. The van der Waals surface area contributed by atoms with Crippen LogP contribution < -0.4 is 0 Å². The Kier molecular flexibility index (Phi) is 3.22. The topological polar surface area (TPSA) is 28.7 Å². The van der Waals surface area contributed by atoms with Crippen LogP contribution in [-0.2, 0) is 6.42 Å². The van der Waals surface area contributed by atoms with Gasteiger partial charge in [-0.3, -0.25) is 0 Å². The third-order valence-corrected chi connectivity index (χ3v) is 2.31. The second kappa shape index (κ2) is 4.28. The summed E-state index contributed by atoms with van der Waals surface area (Å²) in [6.45, 7) is 0. The minimum Gasteiger partial charge on any atom is -0.348 e. The molecule has 0 radical (unpaired) electrons. The number of H-pyrrole nitrogens is 1. The van der Waals surface area contributed by atoms with Gasteiger partial charge in [0.25, 0.3) is 0 Å². The number of hydrogen-bond acceptors (Lipinski definition) is 1. The molecule has 0 saturated heterocycles. The predicted molar refractivity (Wildman–Crippen MR) is 46.3 cm³/mol. The van der Waals surface area contributed by atoms with E-state index in [4.69, 9.17) is 0 Å². The van der Waals surface area contributed by atoms with Crippen molar-refractivity contribution in [2.24, 2.45) is 0 Å². The van der Waals surface area contributed by atoms with Crippen molar-refractivity contribution in [1.29, 1.82) is 0 Å². The zero-order chi connectivity index (χ0) is 7.23. The predicted octanol–water partition coefficient (Wildman–Crippen LogP) is 0.516. The maximum absolute atomic E-state index is 3.95. The zero-order valence-corrected chi connectivity index (χ0v) is 8.43. The molecule has 1 aromatic rings. The summed E-state index contributed by atoms with van der Waals surface area (Å²) in [5, 5.41) is 0. The van der Waals surface area contributed by atoms with Gasteiger partial charge in [0.05, 0.1) is 6.33 Å². The van der Waals surface area contributed by atoms with Crippen molar-refractivity contribution in [1.82, 2.24) is 9.97 Å². The highest BCUT2D eigenvalue weighted by molar-refractivity contribution is 6.08. The summed E-state index contributed by atoms with van der Waals surface area (Å²) < 4.78 is 0. The van der Waals surface area contributed by atoms with Crippen LogP contribution in [0.5, 0.6) is 0 Å². The van der Waals surface area contributed by atoms with Gasteiger partial charge in [-0.15, -0.1) is 0 Å². The number of hydrogen-bond donors (Lipinski definition) is 1. The van der Waals surface area contributed by atoms with E-state index in [0.29, 0.717) is 0 Å². The van der Waals surface area contributed by atoms with Crippen molar-refractivity contribution in [3.63, 3.8) is 0 Å². The number of nitrogens with zero attached hydrogens (tertiary/aromatic N) is 1. The fraction of sp³-hybridized carbons (Fsp3) is 0.571. The normalized spacial score (nSPS) is 10.4. The second-order valence-electron chi connectivity index (χ2n) is 2.53. The second-order valence-corrected chi connectivity index (χ2v) is 3.53.